The van der Waals surface area contributed by atoms with Gasteiger partial charge in [-0.25, -0.2) is 0 Å². The Morgan fingerprint density at radius 3 is 2.60 bits per heavy atom. The maximum absolute atomic E-state index is 14.7. The topological polar surface area (TPSA) is 125 Å². The lowest BCUT2D eigenvalue weighted by Crippen LogP contribution is -2.57. The highest BCUT2D eigenvalue weighted by Gasteiger charge is 2.75. The van der Waals surface area contributed by atoms with Gasteiger partial charge in [-0.15, -0.1) is 0 Å². The number of carbonyl (C=O) groups is 4. The van der Waals surface area contributed by atoms with E-state index in [0.29, 0.717) is 23.0 Å². The number of hydrogen-bond acceptors (Lipinski definition) is 7. The first kappa shape index (κ1) is 31.4. The molecule has 0 aliphatic carbocycles. The Bertz CT molecular complexity index is 1290. The molecule has 4 aliphatic rings. The van der Waals surface area contributed by atoms with E-state index in [1.54, 1.807) is 17.9 Å². The molecular formula is C32H40BrN3O7. The van der Waals surface area contributed by atoms with Crippen molar-refractivity contribution in [3.05, 3.63) is 58.6 Å². The Kier molecular flexibility index (Phi) is 9.73. The first-order chi connectivity index (χ1) is 20.7. The zero-order chi connectivity index (χ0) is 30.7. The Morgan fingerprint density at radius 2 is 1.88 bits per heavy atom. The lowest BCUT2D eigenvalue weighted by Gasteiger charge is -2.39. The van der Waals surface area contributed by atoms with Crippen LogP contribution in [0.4, 0.5) is 0 Å². The van der Waals surface area contributed by atoms with E-state index in [0.717, 1.165) is 19.3 Å². The standard InChI is InChI=1S/C32H40BrN3O7/c1-3-4-10-15-35-16-11-6-9-14-24(38)34-18-20(2)42-31(41)25-26-29(39)36(23(19-37)21-12-7-5-8-13-21)28(30(35)40)32(26)17-22(33)27(25)43-32/h5-8,11-13,17,20,23,25-28,37H,3-4,9-10,14-16,18-19H2,1-2H3,(H,34,38)/b11-6-/t20-,23+,25+,26-,27+,28+,32-/m0/s1. The van der Waals surface area contributed by atoms with Crippen molar-refractivity contribution in [2.75, 3.05) is 26.2 Å². The van der Waals surface area contributed by atoms with Gasteiger partial charge in [-0.05, 0) is 31.4 Å². The van der Waals surface area contributed by atoms with E-state index in [2.05, 4.69) is 28.2 Å². The van der Waals surface area contributed by atoms with E-state index in [1.165, 1.54) is 4.90 Å². The van der Waals surface area contributed by atoms with Crippen molar-refractivity contribution in [3.8, 4) is 0 Å². The monoisotopic (exact) mass is 657 g/mol. The number of halogens is 1. The third-order valence-electron chi connectivity index (χ3n) is 8.84. The van der Waals surface area contributed by atoms with Gasteiger partial charge in [0, 0.05) is 24.0 Å². The molecule has 11 heteroatoms. The minimum Gasteiger partial charge on any atom is -0.460 e. The van der Waals surface area contributed by atoms with Gasteiger partial charge in [0.1, 0.15) is 29.8 Å². The second kappa shape index (κ2) is 13.3. The van der Waals surface area contributed by atoms with Crippen LogP contribution in [0.25, 0.3) is 0 Å². The van der Waals surface area contributed by atoms with Crippen LogP contribution in [0.15, 0.2) is 53.0 Å². The van der Waals surface area contributed by atoms with Gasteiger partial charge in [0.15, 0.2) is 0 Å². The molecule has 1 spiro atoms. The van der Waals surface area contributed by atoms with Crippen molar-refractivity contribution in [1.29, 1.82) is 0 Å². The summed E-state index contributed by atoms with van der Waals surface area (Å²) >= 11 is 3.56. The molecule has 1 aromatic rings. The van der Waals surface area contributed by atoms with Crippen molar-refractivity contribution < 1.29 is 33.8 Å². The van der Waals surface area contributed by atoms with Crippen LogP contribution in [0.5, 0.6) is 0 Å². The average molecular weight is 659 g/mol. The molecule has 4 aliphatic heterocycles. The average Bonchev–Trinajstić information content (AvgIpc) is 3.59. The number of allylic oxidation sites excluding steroid dienone is 1. The summed E-state index contributed by atoms with van der Waals surface area (Å²) in [6, 6.07) is 7.15. The highest BCUT2D eigenvalue weighted by atomic mass is 79.9. The molecule has 2 N–H and O–H groups in total. The largest absolute Gasteiger partial charge is 0.460 e. The van der Waals surface area contributed by atoms with E-state index in [-0.39, 0.29) is 31.3 Å². The number of esters is 1. The molecule has 0 unspecified atom stereocenters. The molecule has 0 saturated carbocycles. The number of fused-ring (bicyclic) bond motifs is 2. The fraction of sp³-hybridized carbons (Fsp3) is 0.562. The molecule has 2 saturated heterocycles. The fourth-order valence-electron chi connectivity index (χ4n) is 6.79. The zero-order valence-corrected chi connectivity index (χ0v) is 26.2. The predicted octanol–water partition coefficient (Wildman–Crippen LogP) is 3.01. The van der Waals surface area contributed by atoms with Gasteiger partial charge in [0.25, 0.3) is 0 Å². The molecule has 0 radical (unpaired) electrons. The molecule has 5 bridgehead atoms. The van der Waals surface area contributed by atoms with Crippen molar-refractivity contribution >= 4 is 39.6 Å². The summed E-state index contributed by atoms with van der Waals surface area (Å²) in [5, 5.41) is 13.5. The third-order valence-corrected chi connectivity index (χ3v) is 9.52. The van der Waals surface area contributed by atoms with Crippen LogP contribution in [0.3, 0.4) is 0 Å². The van der Waals surface area contributed by atoms with Crippen molar-refractivity contribution in [2.45, 2.75) is 75.8 Å². The molecule has 2 fully saturated rings. The van der Waals surface area contributed by atoms with Gasteiger partial charge in [0.2, 0.25) is 17.7 Å². The van der Waals surface area contributed by atoms with Gasteiger partial charge >= 0.3 is 5.97 Å². The Morgan fingerprint density at radius 1 is 1.12 bits per heavy atom. The molecule has 5 rings (SSSR count). The molecule has 43 heavy (non-hydrogen) atoms. The summed E-state index contributed by atoms with van der Waals surface area (Å²) in [6.07, 6.45) is 7.50. The van der Waals surface area contributed by atoms with E-state index in [4.69, 9.17) is 9.47 Å². The van der Waals surface area contributed by atoms with Gasteiger partial charge in [-0.2, -0.15) is 0 Å². The Labute approximate surface area is 260 Å². The number of benzene rings is 1. The van der Waals surface area contributed by atoms with Gasteiger partial charge < -0.3 is 29.7 Å². The molecule has 232 valence electrons. The van der Waals surface area contributed by atoms with Crippen LogP contribution in [0.1, 0.15) is 57.6 Å². The maximum Gasteiger partial charge on any atom is 0.313 e. The molecule has 10 nitrogen and oxygen atoms in total. The number of nitrogens with zero attached hydrogens (tertiary/aromatic N) is 2. The van der Waals surface area contributed by atoms with Crippen LogP contribution in [-0.2, 0) is 28.7 Å². The predicted molar refractivity (Wildman–Crippen MR) is 162 cm³/mol. The lowest BCUT2D eigenvalue weighted by molar-refractivity contribution is -0.159. The van der Waals surface area contributed by atoms with E-state index >= 15 is 0 Å². The number of rotatable bonds is 7. The van der Waals surface area contributed by atoms with Crippen molar-refractivity contribution in [1.82, 2.24) is 15.1 Å². The zero-order valence-electron chi connectivity index (χ0n) is 24.6. The Hall–Kier alpha value is -3.02. The molecule has 1 aromatic carbocycles. The molecule has 4 heterocycles. The van der Waals surface area contributed by atoms with Crippen LogP contribution in [-0.4, -0.2) is 88.7 Å². The number of hydrogen-bond donors (Lipinski definition) is 2. The summed E-state index contributed by atoms with van der Waals surface area (Å²) in [6.45, 7) is 4.23. The van der Waals surface area contributed by atoms with E-state index in [9.17, 15) is 24.3 Å². The first-order valence-electron chi connectivity index (χ1n) is 15.2. The number of carbonyl (C=O) groups excluding carboxylic acids is 4. The summed E-state index contributed by atoms with van der Waals surface area (Å²) < 4.78 is 12.9. The lowest BCUT2D eigenvalue weighted by atomic mass is 9.74. The number of nitrogens with one attached hydrogen (secondary N) is 1. The van der Waals surface area contributed by atoms with Crippen LogP contribution >= 0.6 is 15.9 Å². The summed E-state index contributed by atoms with van der Waals surface area (Å²) in [4.78, 5) is 58.5. The highest BCUT2D eigenvalue weighted by molar-refractivity contribution is 9.11. The number of ether oxygens (including phenoxy) is 2. The number of aliphatic hydroxyl groups excluding tert-OH is 1. The van der Waals surface area contributed by atoms with Crippen LogP contribution < -0.4 is 5.32 Å². The smallest absolute Gasteiger partial charge is 0.313 e. The summed E-state index contributed by atoms with van der Waals surface area (Å²) in [7, 11) is 0. The number of likely N-dealkylation sites (tertiary alicyclic amines) is 1. The Balaban J connectivity index is 1.62. The van der Waals surface area contributed by atoms with E-state index < -0.39 is 60.2 Å². The molecular weight excluding hydrogens is 618 g/mol. The summed E-state index contributed by atoms with van der Waals surface area (Å²) in [5.74, 6) is -3.58. The second-order valence-electron chi connectivity index (χ2n) is 11.7. The van der Waals surface area contributed by atoms with E-state index in [1.807, 2.05) is 42.5 Å². The number of aliphatic hydroxyl groups is 1. The van der Waals surface area contributed by atoms with Gasteiger partial charge in [-0.3, -0.25) is 19.2 Å². The third kappa shape index (κ3) is 5.91. The number of unbranched alkanes of at least 4 members (excludes halogenated alkanes) is 2. The van der Waals surface area contributed by atoms with Crippen molar-refractivity contribution in [2.24, 2.45) is 11.8 Å². The highest BCUT2D eigenvalue weighted by Crippen LogP contribution is 2.60. The molecule has 0 aromatic heterocycles. The van der Waals surface area contributed by atoms with Crippen LogP contribution in [0.2, 0.25) is 0 Å². The first-order valence-corrected chi connectivity index (χ1v) is 16.0. The minimum absolute atomic E-state index is 0.131. The normalized spacial score (nSPS) is 32.7. The SMILES string of the molecule is CCCCCN1C/C=C\CCC(=O)NC[C@H](C)OC(=O)[C@H]2[C@@H]3O[C@@]4(C=C3Br)[C@@H]2C(=O)N([C@H](CO)c2ccccc2)[C@@H]4C1=O. The quantitative estimate of drug-likeness (QED) is 0.262. The second-order valence-corrected chi connectivity index (χ2v) is 12.7. The number of cyclic esters (lactones) is 1. The maximum atomic E-state index is 14.7. The molecule has 3 amide bonds. The minimum atomic E-state index is -1.43. The fourth-order valence-corrected chi connectivity index (χ4v) is 7.52. The van der Waals surface area contributed by atoms with Crippen molar-refractivity contribution in [3.63, 3.8) is 0 Å². The summed E-state index contributed by atoms with van der Waals surface area (Å²) in [5.41, 5.74) is -0.755. The van der Waals surface area contributed by atoms with Crippen LogP contribution in [0, 0.1) is 11.8 Å². The van der Waals surface area contributed by atoms with Gasteiger partial charge in [0.05, 0.1) is 25.1 Å². The molecule has 7 atom stereocenters. The number of amides is 3. The van der Waals surface area contributed by atoms with Gasteiger partial charge in [-0.1, -0.05) is 78.2 Å².